The number of hydrogen-bond donors (Lipinski definition) is 2. The SMILES string of the molecule is COc1ccc(S(=O)(=O)NNC(=O)c2ccccc2Cl)cc1[N+](=O)[O-]. The highest BCUT2D eigenvalue weighted by Gasteiger charge is 2.22. The van der Waals surface area contributed by atoms with Gasteiger partial charge in [-0.15, -0.1) is 4.83 Å². The molecule has 132 valence electrons. The highest BCUT2D eigenvalue weighted by molar-refractivity contribution is 7.89. The van der Waals surface area contributed by atoms with E-state index in [-0.39, 0.29) is 16.3 Å². The van der Waals surface area contributed by atoms with Gasteiger partial charge in [-0.3, -0.25) is 20.3 Å². The molecule has 0 aliphatic rings. The number of nitro groups is 1. The summed E-state index contributed by atoms with van der Waals surface area (Å²) in [6, 6.07) is 9.12. The first-order valence-corrected chi connectivity index (χ1v) is 8.51. The van der Waals surface area contributed by atoms with Gasteiger partial charge in [0, 0.05) is 6.07 Å². The average Bonchev–Trinajstić information content (AvgIpc) is 2.59. The Hall–Kier alpha value is -2.69. The van der Waals surface area contributed by atoms with Crippen molar-refractivity contribution in [3.05, 3.63) is 63.2 Å². The fourth-order valence-electron chi connectivity index (χ4n) is 1.86. The lowest BCUT2D eigenvalue weighted by Gasteiger charge is -2.10. The van der Waals surface area contributed by atoms with Crippen LogP contribution in [-0.4, -0.2) is 26.4 Å². The first-order valence-electron chi connectivity index (χ1n) is 6.65. The van der Waals surface area contributed by atoms with Crippen molar-refractivity contribution in [2.75, 3.05) is 7.11 Å². The summed E-state index contributed by atoms with van der Waals surface area (Å²) in [6.07, 6.45) is 0. The van der Waals surface area contributed by atoms with E-state index < -0.39 is 31.4 Å². The number of sulfonamides is 1. The molecule has 11 heteroatoms. The predicted molar refractivity (Wildman–Crippen MR) is 88.9 cm³/mol. The number of nitro benzene ring substituents is 1. The van der Waals surface area contributed by atoms with E-state index in [1.807, 2.05) is 10.3 Å². The van der Waals surface area contributed by atoms with E-state index in [0.29, 0.717) is 0 Å². The zero-order chi connectivity index (χ0) is 18.6. The Morgan fingerprint density at radius 1 is 1.24 bits per heavy atom. The molecule has 0 unspecified atom stereocenters. The lowest BCUT2D eigenvalue weighted by molar-refractivity contribution is -0.386. The Morgan fingerprint density at radius 2 is 1.92 bits per heavy atom. The molecule has 2 aromatic carbocycles. The van der Waals surface area contributed by atoms with Crippen LogP contribution in [0.3, 0.4) is 0 Å². The molecule has 0 aliphatic carbocycles. The second-order valence-electron chi connectivity index (χ2n) is 4.63. The summed E-state index contributed by atoms with van der Waals surface area (Å²) in [7, 11) is -3.02. The maximum Gasteiger partial charge on any atom is 0.312 e. The van der Waals surface area contributed by atoms with Crippen LogP contribution in [0.1, 0.15) is 10.4 Å². The van der Waals surface area contributed by atoms with E-state index >= 15 is 0 Å². The monoisotopic (exact) mass is 385 g/mol. The van der Waals surface area contributed by atoms with Gasteiger partial charge in [0.1, 0.15) is 0 Å². The van der Waals surface area contributed by atoms with E-state index in [1.54, 1.807) is 12.1 Å². The highest BCUT2D eigenvalue weighted by atomic mass is 35.5. The van der Waals surface area contributed by atoms with Crippen LogP contribution >= 0.6 is 11.6 Å². The lowest BCUT2D eigenvalue weighted by Crippen LogP contribution is -2.41. The largest absolute Gasteiger partial charge is 0.490 e. The van der Waals surface area contributed by atoms with Crippen LogP contribution in [-0.2, 0) is 10.0 Å². The zero-order valence-corrected chi connectivity index (χ0v) is 14.3. The third-order valence-electron chi connectivity index (χ3n) is 3.07. The summed E-state index contributed by atoms with van der Waals surface area (Å²) in [4.78, 5) is 23.6. The van der Waals surface area contributed by atoms with Crippen LogP contribution in [0.15, 0.2) is 47.4 Å². The van der Waals surface area contributed by atoms with Crippen molar-refractivity contribution in [1.82, 2.24) is 10.3 Å². The number of carbonyl (C=O) groups is 1. The molecule has 0 saturated heterocycles. The predicted octanol–water partition coefficient (Wildman–Crippen LogP) is 1.88. The van der Waals surface area contributed by atoms with Gasteiger partial charge in [-0.05, 0) is 24.3 Å². The molecule has 0 heterocycles. The van der Waals surface area contributed by atoms with Crippen molar-refractivity contribution in [3.63, 3.8) is 0 Å². The first-order chi connectivity index (χ1) is 11.8. The van der Waals surface area contributed by atoms with Crippen LogP contribution in [0.25, 0.3) is 0 Å². The van der Waals surface area contributed by atoms with Gasteiger partial charge in [0.05, 0.1) is 27.5 Å². The summed E-state index contributed by atoms with van der Waals surface area (Å²) in [5.74, 6) is -0.874. The van der Waals surface area contributed by atoms with Gasteiger partial charge in [0.25, 0.3) is 15.9 Å². The third-order valence-corrected chi connectivity index (χ3v) is 4.65. The number of amides is 1. The highest BCUT2D eigenvalue weighted by Crippen LogP contribution is 2.29. The van der Waals surface area contributed by atoms with Gasteiger partial charge in [-0.1, -0.05) is 23.7 Å². The van der Waals surface area contributed by atoms with E-state index in [0.717, 1.165) is 18.2 Å². The minimum absolute atomic E-state index is 0.0626. The number of hydrazine groups is 1. The summed E-state index contributed by atoms with van der Waals surface area (Å²) in [5.41, 5.74) is 1.53. The number of nitrogens with one attached hydrogen (secondary N) is 2. The minimum Gasteiger partial charge on any atom is -0.490 e. The molecule has 2 N–H and O–H groups in total. The Morgan fingerprint density at radius 3 is 2.52 bits per heavy atom. The third kappa shape index (κ3) is 4.24. The smallest absolute Gasteiger partial charge is 0.312 e. The zero-order valence-electron chi connectivity index (χ0n) is 12.7. The molecule has 9 nitrogen and oxygen atoms in total. The maximum absolute atomic E-state index is 12.2. The molecule has 2 aromatic rings. The Kier molecular flexibility index (Phi) is 5.57. The summed E-state index contributed by atoms with van der Waals surface area (Å²) in [5, 5.41) is 11.1. The normalized spacial score (nSPS) is 11.0. The summed E-state index contributed by atoms with van der Waals surface area (Å²) < 4.78 is 29.2. The molecule has 0 radical (unpaired) electrons. The minimum atomic E-state index is -4.24. The van der Waals surface area contributed by atoms with Crippen LogP contribution in [0.5, 0.6) is 5.75 Å². The summed E-state index contributed by atoms with van der Waals surface area (Å²) in [6.45, 7) is 0. The standard InChI is InChI=1S/C14H12ClN3O6S/c1-24-13-7-6-9(8-12(13)18(20)21)25(22,23)17-16-14(19)10-4-2-3-5-11(10)15/h2-8,17H,1H3,(H,16,19). The van der Waals surface area contributed by atoms with Crippen molar-refractivity contribution in [3.8, 4) is 5.75 Å². The number of hydrogen-bond acceptors (Lipinski definition) is 6. The van der Waals surface area contributed by atoms with Gasteiger partial charge in [-0.2, -0.15) is 0 Å². The van der Waals surface area contributed by atoms with Gasteiger partial charge < -0.3 is 4.74 Å². The van der Waals surface area contributed by atoms with E-state index in [2.05, 4.69) is 0 Å². The first kappa shape index (κ1) is 18.6. The van der Waals surface area contributed by atoms with Gasteiger partial charge >= 0.3 is 5.69 Å². The lowest BCUT2D eigenvalue weighted by atomic mass is 10.2. The molecule has 0 aromatic heterocycles. The Labute approximate surface area is 147 Å². The number of nitrogens with zero attached hydrogens (tertiary/aromatic N) is 1. The molecule has 25 heavy (non-hydrogen) atoms. The van der Waals surface area contributed by atoms with Crippen molar-refractivity contribution in [2.24, 2.45) is 0 Å². The van der Waals surface area contributed by atoms with Crippen LogP contribution < -0.4 is 15.0 Å². The molecule has 0 bridgehead atoms. The van der Waals surface area contributed by atoms with Crippen molar-refractivity contribution < 1.29 is 22.9 Å². The van der Waals surface area contributed by atoms with Crippen LogP contribution in [0.4, 0.5) is 5.69 Å². The Bertz CT molecular complexity index is 932. The van der Waals surface area contributed by atoms with Gasteiger partial charge in [-0.25, -0.2) is 8.42 Å². The molecular formula is C14H12ClN3O6S. The molecule has 1 amide bonds. The molecular weight excluding hydrogens is 374 g/mol. The average molecular weight is 386 g/mol. The number of benzene rings is 2. The van der Waals surface area contributed by atoms with E-state index in [9.17, 15) is 23.3 Å². The topological polar surface area (TPSA) is 128 Å². The van der Waals surface area contributed by atoms with E-state index in [1.165, 1.54) is 19.2 Å². The quantitative estimate of drug-likeness (QED) is 0.577. The number of halogens is 1. The number of rotatable bonds is 6. The molecule has 0 spiro atoms. The fourth-order valence-corrected chi connectivity index (χ4v) is 2.95. The molecule has 0 atom stereocenters. The van der Waals surface area contributed by atoms with Crippen molar-refractivity contribution >= 4 is 33.2 Å². The van der Waals surface area contributed by atoms with Crippen LogP contribution in [0.2, 0.25) is 5.02 Å². The second kappa shape index (κ2) is 7.47. The molecule has 0 saturated carbocycles. The fraction of sp³-hybridized carbons (Fsp3) is 0.0714. The molecule has 0 fully saturated rings. The molecule has 2 rings (SSSR count). The number of ether oxygens (including phenoxy) is 1. The molecule has 0 aliphatic heterocycles. The van der Waals surface area contributed by atoms with E-state index in [4.69, 9.17) is 16.3 Å². The van der Waals surface area contributed by atoms with Crippen LogP contribution in [0, 0.1) is 10.1 Å². The number of carbonyl (C=O) groups excluding carboxylic acids is 1. The number of methoxy groups -OCH3 is 1. The summed E-state index contributed by atoms with van der Waals surface area (Å²) >= 11 is 5.85. The van der Waals surface area contributed by atoms with Gasteiger partial charge in [0.15, 0.2) is 5.75 Å². The Balaban J connectivity index is 2.22. The maximum atomic E-state index is 12.2. The van der Waals surface area contributed by atoms with Gasteiger partial charge in [0.2, 0.25) is 0 Å². The van der Waals surface area contributed by atoms with Crippen molar-refractivity contribution in [2.45, 2.75) is 4.90 Å². The van der Waals surface area contributed by atoms with Crippen molar-refractivity contribution in [1.29, 1.82) is 0 Å². The second-order valence-corrected chi connectivity index (χ2v) is 6.72.